The molecule has 0 aliphatic carbocycles. The van der Waals surface area contributed by atoms with E-state index in [2.05, 4.69) is 19.2 Å². The Morgan fingerprint density at radius 2 is 1.76 bits per heavy atom. The first-order chi connectivity index (χ1) is 8.26. The minimum Gasteiger partial charge on any atom is -0.465 e. The number of esters is 1. The van der Waals surface area contributed by atoms with Gasteiger partial charge in [-0.05, 0) is 26.3 Å². The molecule has 0 saturated carbocycles. The van der Waals surface area contributed by atoms with Crippen LogP contribution in [0.25, 0.3) is 0 Å². The number of carbonyl (C=O) groups is 1. The smallest absolute Gasteiger partial charge is 0.323 e. The van der Waals surface area contributed by atoms with E-state index in [1.807, 2.05) is 6.92 Å². The minimum absolute atomic E-state index is 0.0866. The topological polar surface area (TPSA) is 38.3 Å². The van der Waals surface area contributed by atoms with Crippen LogP contribution < -0.4 is 5.32 Å². The Hall–Kier alpha value is -0.570. The summed E-state index contributed by atoms with van der Waals surface area (Å²) in [6, 6.07) is -0.100. The third-order valence-electron chi connectivity index (χ3n) is 2.81. The monoisotopic (exact) mass is 243 g/mol. The summed E-state index contributed by atoms with van der Waals surface area (Å²) in [5.74, 6) is -0.0866. The van der Waals surface area contributed by atoms with Gasteiger partial charge in [-0.3, -0.25) is 4.79 Å². The fourth-order valence-corrected chi connectivity index (χ4v) is 1.82. The van der Waals surface area contributed by atoms with Crippen LogP contribution in [0.3, 0.4) is 0 Å². The third-order valence-corrected chi connectivity index (χ3v) is 2.81. The summed E-state index contributed by atoms with van der Waals surface area (Å²) in [5.41, 5.74) is 0. The van der Waals surface area contributed by atoms with E-state index in [0.29, 0.717) is 6.61 Å². The van der Waals surface area contributed by atoms with Crippen molar-refractivity contribution >= 4 is 5.97 Å². The molecule has 1 N–H and O–H groups in total. The maximum atomic E-state index is 11.7. The fourth-order valence-electron chi connectivity index (χ4n) is 1.82. The molecule has 3 nitrogen and oxygen atoms in total. The molecule has 0 aromatic heterocycles. The molecule has 0 rings (SSSR count). The maximum absolute atomic E-state index is 11.7. The second-order valence-corrected chi connectivity index (χ2v) is 4.46. The second-order valence-electron chi connectivity index (χ2n) is 4.46. The lowest BCUT2D eigenvalue weighted by Crippen LogP contribution is -2.38. The number of hydrogen-bond acceptors (Lipinski definition) is 3. The van der Waals surface area contributed by atoms with E-state index in [-0.39, 0.29) is 12.0 Å². The van der Waals surface area contributed by atoms with Crippen LogP contribution in [0, 0.1) is 0 Å². The second kappa shape index (κ2) is 11.9. The molecule has 0 saturated heterocycles. The largest absolute Gasteiger partial charge is 0.465 e. The Morgan fingerprint density at radius 1 is 1.06 bits per heavy atom. The number of hydrogen-bond donors (Lipinski definition) is 1. The van der Waals surface area contributed by atoms with Gasteiger partial charge in [-0.25, -0.2) is 0 Å². The quantitative estimate of drug-likeness (QED) is 0.447. The number of carbonyl (C=O) groups excluding carboxylic acids is 1. The van der Waals surface area contributed by atoms with Crippen molar-refractivity contribution in [3.8, 4) is 0 Å². The van der Waals surface area contributed by atoms with Crippen LogP contribution in [0.5, 0.6) is 0 Å². The summed E-state index contributed by atoms with van der Waals surface area (Å²) in [4.78, 5) is 11.7. The Bertz CT molecular complexity index is 183. The summed E-state index contributed by atoms with van der Waals surface area (Å²) in [7, 11) is 0. The molecule has 0 bridgehead atoms. The van der Waals surface area contributed by atoms with Gasteiger partial charge in [0, 0.05) is 0 Å². The summed E-state index contributed by atoms with van der Waals surface area (Å²) in [5, 5.41) is 3.27. The zero-order valence-electron chi connectivity index (χ0n) is 11.8. The van der Waals surface area contributed by atoms with E-state index in [1.165, 1.54) is 25.7 Å². The predicted octanol–water partition coefficient (Wildman–Crippen LogP) is 3.28. The molecule has 0 spiro atoms. The average molecular weight is 243 g/mol. The molecule has 0 amide bonds. The van der Waals surface area contributed by atoms with Gasteiger partial charge in [-0.1, -0.05) is 46.0 Å². The maximum Gasteiger partial charge on any atom is 0.323 e. The van der Waals surface area contributed by atoms with Crippen LogP contribution in [-0.4, -0.2) is 25.2 Å². The Morgan fingerprint density at radius 3 is 2.35 bits per heavy atom. The van der Waals surface area contributed by atoms with Crippen LogP contribution in [0.4, 0.5) is 0 Å². The lowest BCUT2D eigenvalue weighted by molar-refractivity contribution is -0.145. The lowest BCUT2D eigenvalue weighted by Gasteiger charge is -2.16. The number of rotatable bonds is 11. The van der Waals surface area contributed by atoms with Crippen molar-refractivity contribution in [1.82, 2.24) is 5.32 Å². The van der Waals surface area contributed by atoms with Gasteiger partial charge in [0.25, 0.3) is 0 Å². The molecule has 0 aliphatic rings. The van der Waals surface area contributed by atoms with E-state index in [0.717, 1.165) is 25.8 Å². The van der Waals surface area contributed by atoms with Crippen molar-refractivity contribution in [3.63, 3.8) is 0 Å². The predicted molar refractivity (Wildman–Crippen MR) is 72.1 cm³/mol. The van der Waals surface area contributed by atoms with Crippen LogP contribution in [0.1, 0.15) is 65.7 Å². The molecule has 1 atom stereocenters. The van der Waals surface area contributed by atoms with Crippen LogP contribution >= 0.6 is 0 Å². The van der Waals surface area contributed by atoms with Crippen molar-refractivity contribution in [2.24, 2.45) is 0 Å². The molecule has 102 valence electrons. The van der Waals surface area contributed by atoms with Gasteiger partial charge in [0.15, 0.2) is 0 Å². The first kappa shape index (κ1) is 16.4. The number of unbranched alkanes of at least 4 members (excludes halogenated alkanes) is 4. The van der Waals surface area contributed by atoms with Crippen molar-refractivity contribution in [2.45, 2.75) is 71.8 Å². The minimum atomic E-state index is -0.100. The van der Waals surface area contributed by atoms with Crippen LogP contribution in [-0.2, 0) is 9.53 Å². The molecule has 3 heteroatoms. The molecule has 0 aliphatic heterocycles. The highest BCUT2D eigenvalue weighted by Gasteiger charge is 2.17. The SMILES string of the molecule is CCCCCCCC(NCCC)C(=O)OCC. The normalized spacial score (nSPS) is 12.4. The Labute approximate surface area is 106 Å². The summed E-state index contributed by atoms with van der Waals surface area (Å²) in [6.07, 6.45) is 8.12. The zero-order chi connectivity index (χ0) is 12.9. The van der Waals surface area contributed by atoms with Crippen LogP contribution in [0.15, 0.2) is 0 Å². The zero-order valence-corrected chi connectivity index (χ0v) is 11.8. The fraction of sp³-hybridized carbons (Fsp3) is 0.929. The summed E-state index contributed by atoms with van der Waals surface area (Å²) >= 11 is 0. The molecular formula is C14H29NO2. The van der Waals surface area contributed by atoms with Crippen molar-refractivity contribution in [2.75, 3.05) is 13.2 Å². The van der Waals surface area contributed by atoms with Gasteiger partial charge in [-0.2, -0.15) is 0 Å². The highest BCUT2D eigenvalue weighted by atomic mass is 16.5. The van der Waals surface area contributed by atoms with E-state index in [1.54, 1.807) is 0 Å². The van der Waals surface area contributed by atoms with Crippen molar-refractivity contribution in [1.29, 1.82) is 0 Å². The standard InChI is InChI=1S/C14H29NO2/c1-4-7-8-9-10-11-13(15-12-5-2)14(16)17-6-3/h13,15H,4-12H2,1-3H3. The van der Waals surface area contributed by atoms with Gasteiger partial charge < -0.3 is 10.1 Å². The van der Waals surface area contributed by atoms with E-state index >= 15 is 0 Å². The van der Waals surface area contributed by atoms with Crippen LogP contribution in [0.2, 0.25) is 0 Å². The first-order valence-corrected chi connectivity index (χ1v) is 7.16. The third kappa shape index (κ3) is 9.16. The van der Waals surface area contributed by atoms with Gasteiger partial charge in [-0.15, -0.1) is 0 Å². The molecule has 0 fully saturated rings. The van der Waals surface area contributed by atoms with E-state index in [4.69, 9.17) is 4.74 Å². The highest BCUT2D eigenvalue weighted by Crippen LogP contribution is 2.08. The molecule has 0 heterocycles. The molecule has 0 aromatic rings. The molecule has 17 heavy (non-hydrogen) atoms. The Balaban J connectivity index is 3.80. The van der Waals surface area contributed by atoms with E-state index < -0.39 is 0 Å². The van der Waals surface area contributed by atoms with Gasteiger partial charge in [0.1, 0.15) is 6.04 Å². The first-order valence-electron chi connectivity index (χ1n) is 7.16. The summed E-state index contributed by atoms with van der Waals surface area (Å²) < 4.78 is 5.08. The van der Waals surface area contributed by atoms with Crippen molar-refractivity contribution < 1.29 is 9.53 Å². The number of ether oxygens (including phenoxy) is 1. The van der Waals surface area contributed by atoms with Gasteiger partial charge in [0.2, 0.25) is 0 Å². The van der Waals surface area contributed by atoms with Crippen molar-refractivity contribution in [3.05, 3.63) is 0 Å². The van der Waals surface area contributed by atoms with Gasteiger partial charge in [0.05, 0.1) is 6.61 Å². The number of nitrogens with one attached hydrogen (secondary N) is 1. The van der Waals surface area contributed by atoms with E-state index in [9.17, 15) is 4.79 Å². The highest BCUT2D eigenvalue weighted by molar-refractivity contribution is 5.75. The molecule has 1 unspecified atom stereocenters. The average Bonchev–Trinajstić information content (AvgIpc) is 2.33. The summed E-state index contributed by atoms with van der Waals surface area (Å²) in [6.45, 7) is 7.54. The van der Waals surface area contributed by atoms with Gasteiger partial charge >= 0.3 is 5.97 Å². The molecule has 0 radical (unpaired) electrons. The lowest BCUT2D eigenvalue weighted by atomic mass is 10.1. The Kier molecular flexibility index (Phi) is 11.5. The molecule has 0 aromatic carbocycles. The molecular weight excluding hydrogens is 214 g/mol.